The highest BCUT2D eigenvalue weighted by Crippen LogP contribution is 2.67. The number of fused-ring (bicyclic) bond motifs is 4. The molecule has 6 amide bonds. The SMILES string of the molecule is CCCCCCCC(=O)N[C@H](C(=O)N[C@@H](C)C(=O)Nc1ccc(CSP2(=O)OC[C@H]3O[C@@H](n4cnc5c(=O)[nH]cnc54)[C@H](F)[C@@H]3OP(=O)(SCc3ccc(NC(=O)[C@H](C)NC(=O)[C@@H](NC(=O)CCCCCCC)C(C)C)cc3)OC[C@H]3O[C@@H](n4cnc5c(N)ncnc54)[C@H](F)[C@@H]3O2)cc1)C(C)C. The van der Waals surface area contributed by atoms with Crippen molar-refractivity contribution in [2.45, 2.75) is 217 Å². The Kier molecular flexibility index (Phi) is 28.2. The van der Waals surface area contributed by atoms with Gasteiger partial charge in [-0.1, -0.05) is 117 Å². The summed E-state index contributed by atoms with van der Waals surface area (Å²) in [5.74, 6) is -3.53. The smallest absolute Gasteiger partial charge is 0.382 e. The van der Waals surface area contributed by atoms with Crippen LogP contribution in [0.1, 0.15) is 156 Å². The van der Waals surface area contributed by atoms with Gasteiger partial charge in [0, 0.05) is 35.7 Å². The largest absolute Gasteiger partial charge is 0.389 e. The van der Waals surface area contributed by atoms with E-state index in [4.69, 9.17) is 33.3 Å². The molecule has 36 heteroatoms. The number of carbonyl (C=O) groups is 6. The first-order valence-corrected chi connectivity index (χ1v) is 40.6. The molecule has 102 heavy (non-hydrogen) atoms. The minimum atomic E-state index is -4.75. The quantitative estimate of drug-likeness (QED) is 0.0144. The minimum Gasteiger partial charge on any atom is -0.382 e. The average molecular weight is 1500 g/mol. The van der Waals surface area contributed by atoms with Crippen LogP contribution in [0.25, 0.3) is 22.3 Å². The maximum absolute atomic E-state index is 17.6. The molecule has 6 aromatic rings. The van der Waals surface area contributed by atoms with Crippen molar-refractivity contribution in [2.75, 3.05) is 29.6 Å². The molecule has 0 radical (unpaired) electrons. The van der Waals surface area contributed by atoms with E-state index in [-0.39, 0.29) is 76.1 Å². The number of ether oxygens (including phenoxy) is 2. The number of hydrogen-bond acceptors (Lipinski definition) is 23. The fourth-order valence-corrected chi connectivity index (χ4v) is 18.3. The molecular formula is C66H91F2N15O15P2S2. The van der Waals surface area contributed by atoms with Crippen molar-refractivity contribution >= 4 is 111 Å². The number of alkyl halides is 2. The predicted octanol–water partition coefficient (Wildman–Crippen LogP) is 9.80. The van der Waals surface area contributed by atoms with Crippen LogP contribution >= 0.6 is 36.4 Å². The van der Waals surface area contributed by atoms with Crippen LogP contribution < -0.4 is 43.2 Å². The third-order valence-corrected chi connectivity index (χ3v) is 24.7. The van der Waals surface area contributed by atoms with Crippen molar-refractivity contribution in [3.05, 3.63) is 95.3 Å². The van der Waals surface area contributed by atoms with Crippen LogP contribution in [-0.2, 0) is 77.0 Å². The van der Waals surface area contributed by atoms with E-state index >= 15 is 17.9 Å². The Morgan fingerprint density at radius 3 is 1.43 bits per heavy atom. The number of unbranched alkanes of at least 4 members (excludes halogenated alkanes) is 8. The fraction of sp³-hybridized carbons (Fsp3) is 0.576. The zero-order valence-electron chi connectivity index (χ0n) is 58.1. The van der Waals surface area contributed by atoms with Gasteiger partial charge in [0.2, 0.25) is 35.4 Å². The first kappa shape index (κ1) is 78.9. The molecule has 9 N–H and O–H groups in total. The summed E-state index contributed by atoms with van der Waals surface area (Å²) in [6.45, 7) is 3.28. The molecular weight excluding hydrogens is 1410 g/mol. The lowest BCUT2D eigenvalue weighted by atomic mass is 10.0. The molecule has 3 fully saturated rings. The number of carbonyl (C=O) groups excluding carboxylic acids is 6. The Labute approximate surface area is 597 Å². The number of nitrogens with two attached hydrogens (primary N) is 1. The molecule has 30 nitrogen and oxygen atoms in total. The van der Waals surface area contributed by atoms with E-state index < -0.39 is 129 Å². The van der Waals surface area contributed by atoms with Crippen molar-refractivity contribution in [1.82, 2.24) is 60.3 Å². The van der Waals surface area contributed by atoms with Crippen molar-refractivity contribution in [3.8, 4) is 0 Å². The summed E-state index contributed by atoms with van der Waals surface area (Å²) >= 11 is 1.25. The van der Waals surface area contributed by atoms with E-state index in [1.807, 2.05) is 0 Å². The van der Waals surface area contributed by atoms with Crippen molar-refractivity contribution in [2.24, 2.45) is 11.8 Å². The number of anilines is 3. The van der Waals surface area contributed by atoms with Crippen molar-refractivity contribution in [3.63, 3.8) is 0 Å². The molecule has 3 aliphatic rings. The Balaban J connectivity index is 0.920. The predicted molar refractivity (Wildman–Crippen MR) is 381 cm³/mol. The molecule has 0 aliphatic carbocycles. The average Bonchev–Trinajstić information content (AvgIpc) is 1.61. The van der Waals surface area contributed by atoms with Gasteiger partial charge in [-0.15, -0.1) is 0 Å². The van der Waals surface area contributed by atoms with Crippen LogP contribution in [0.4, 0.5) is 26.0 Å². The highest BCUT2D eigenvalue weighted by Gasteiger charge is 2.56. The number of aromatic amines is 1. The lowest BCUT2D eigenvalue weighted by Crippen LogP contribution is -2.53. The van der Waals surface area contributed by atoms with Gasteiger partial charge in [-0.3, -0.25) is 60.8 Å². The highest BCUT2D eigenvalue weighted by molar-refractivity contribution is 8.55. The molecule has 4 aromatic heterocycles. The number of amides is 6. The molecule has 7 heterocycles. The molecule has 2 unspecified atom stereocenters. The maximum atomic E-state index is 17.6. The van der Waals surface area contributed by atoms with E-state index in [1.54, 1.807) is 76.2 Å². The molecule has 0 bridgehead atoms. The molecule has 3 aliphatic heterocycles. The van der Waals surface area contributed by atoms with Crippen molar-refractivity contribution < 1.29 is 74.2 Å². The summed E-state index contributed by atoms with van der Waals surface area (Å²) in [6.07, 6.45) is -0.0377. The number of hydrogen-bond donors (Lipinski definition) is 8. The third kappa shape index (κ3) is 20.6. The number of aromatic nitrogens is 8. The number of halogens is 2. The first-order chi connectivity index (χ1) is 48.8. The van der Waals surface area contributed by atoms with Crippen molar-refractivity contribution in [1.29, 1.82) is 0 Å². The van der Waals surface area contributed by atoms with Gasteiger partial charge >= 0.3 is 13.6 Å². The molecule has 556 valence electrons. The summed E-state index contributed by atoms with van der Waals surface area (Å²) in [5.41, 5.74) is 7.02. The maximum Gasteiger partial charge on any atom is 0.389 e. The van der Waals surface area contributed by atoms with Gasteiger partial charge in [-0.2, -0.15) is 0 Å². The number of nitrogens with one attached hydrogen (secondary N) is 7. The van der Waals surface area contributed by atoms with Gasteiger partial charge in [-0.25, -0.2) is 42.8 Å². The van der Waals surface area contributed by atoms with Gasteiger partial charge in [0.1, 0.15) is 60.4 Å². The number of rotatable bonds is 32. The number of nitrogen functional groups attached to an aromatic ring is 1. The summed E-state index contributed by atoms with van der Waals surface area (Å²) in [5, 5.41) is 16.6. The molecule has 0 saturated carbocycles. The van der Waals surface area contributed by atoms with Gasteiger partial charge in [0.05, 0.1) is 32.2 Å². The molecule has 3 saturated heterocycles. The van der Waals surface area contributed by atoms with E-state index in [9.17, 15) is 33.6 Å². The first-order valence-electron chi connectivity index (χ1n) is 34.3. The van der Waals surface area contributed by atoms with Crippen LogP contribution in [0.15, 0.2) is 78.6 Å². The van der Waals surface area contributed by atoms with Gasteiger partial charge in [-0.05, 0) is 96.7 Å². The van der Waals surface area contributed by atoms with E-state index in [0.29, 0.717) is 58.1 Å². The third-order valence-electron chi connectivity index (χ3n) is 17.4. The Morgan fingerprint density at radius 1 is 0.578 bits per heavy atom. The van der Waals surface area contributed by atoms with E-state index in [1.165, 1.54) is 24.7 Å². The second kappa shape index (κ2) is 36.4. The van der Waals surface area contributed by atoms with Crippen LogP contribution in [-0.4, -0.2) is 149 Å². The molecule has 2 aromatic carbocycles. The van der Waals surface area contributed by atoms with E-state index in [0.717, 1.165) is 74.9 Å². The number of nitrogens with zero attached hydrogens (tertiary/aromatic N) is 7. The lowest BCUT2D eigenvalue weighted by molar-refractivity contribution is -0.131. The second-order valence-electron chi connectivity index (χ2n) is 26.1. The van der Waals surface area contributed by atoms with Gasteiger partial charge in [0.25, 0.3) is 5.56 Å². The Bertz CT molecular complexity index is 4030. The minimum absolute atomic E-state index is 0.0257. The monoisotopic (exact) mass is 1500 g/mol. The van der Waals surface area contributed by atoms with Gasteiger partial charge in [0.15, 0.2) is 47.4 Å². The van der Waals surface area contributed by atoms with Crippen LogP contribution in [0.3, 0.4) is 0 Å². The fourth-order valence-electron chi connectivity index (χ4n) is 11.5. The topological polar surface area (TPSA) is 397 Å². The zero-order valence-corrected chi connectivity index (χ0v) is 61.5. The summed E-state index contributed by atoms with van der Waals surface area (Å²) < 4.78 is 106. The summed E-state index contributed by atoms with van der Waals surface area (Å²) in [6, 6.07) is 8.86. The number of imidazole rings is 2. The van der Waals surface area contributed by atoms with Gasteiger partial charge < -0.3 is 52.1 Å². The van der Waals surface area contributed by atoms with Crippen LogP contribution in [0.5, 0.6) is 0 Å². The molecule has 0 spiro atoms. The van der Waals surface area contributed by atoms with Crippen LogP contribution in [0, 0.1) is 11.8 Å². The molecule has 14 atom stereocenters. The summed E-state index contributed by atoms with van der Waals surface area (Å²) in [7, 11) is 0. The normalized spacial score (nSPS) is 24.2. The molecule has 9 rings (SSSR count). The van der Waals surface area contributed by atoms with Crippen LogP contribution in [0.2, 0.25) is 0 Å². The Hall–Kier alpha value is -7.26. The lowest BCUT2D eigenvalue weighted by Gasteiger charge is -2.30. The zero-order chi connectivity index (χ0) is 73.4. The second-order valence-corrected chi connectivity index (χ2v) is 34.1. The standard InChI is InChI=1S/C66H91F2N15O15P2S2/c1-9-11-13-15-17-19-47(84)80-51(37(3)4)63(89)76-39(7)60(86)78-43-25-21-41(22-26-43)31-101-99(91)94-30-46-56(50(68)66(96-46)83-36-75-54-59(83)72-34-73-62(54)88)98-100(92,93-29-45-55(97-99)49(67)65(95-45)82-35-74-53-57(69)70-33-71-58(53)82)102-32-42-23-27-44(28-24-42)79-61(87)40(8)77-64(90)52(38(5)6)81-48(85)20-18-16-14-12-10-2/h21-28,33-40,45-46,49-52,55-56,65-66H,9-20,29-32H2,1-8H3,(H,76,89)(H,77,90)(H,78,86)(H,79,87)(H,80,84)(H,81,85)(H2,69,70,71)(H,72,73,88)/t39-,40-,45+,46+,49+,50+,51-,52-,55+,56+,65+,66+,99?,100?/m0/s1. The summed E-state index contributed by atoms with van der Waals surface area (Å²) in [4.78, 5) is 115. The van der Waals surface area contributed by atoms with E-state index in [2.05, 4.69) is 75.7 Å². The Morgan fingerprint density at radius 2 is 1.00 bits per heavy atom. The highest BCUT2D eigenvalue weighted by atomic mass is 32.7. The number of H-pyrrole nitrogens is 1. The number of benzene rings is 2.